The van der Waals surface area contributed by atoms with Gasteiger partial charge in [-0.3, -0.25) is 4.79 Å². The molecule has 0 aliphatic heterocycles. The van der Waals surface area contributed by atoms with E-state index < -0.39 is 0 Å². The largest absolute Gasteiger partial charge is 0.334 e. The van der Waals surface area contributed by atoms with E-state index in [1.807, 2.05) is 49.1 Å². The zero-order valence-corrected chi connectivity index (χ0v) is 12.4. The molecule has 6 heteroatoms. The lowest BCUT2D eigenvalue weighted by Gasteiger charge is -2.26. The van der Waals surface area contributed by atoms with Gasteiger partial charge in [0.1, 0.15) is 6.54 Å². The fourth-order valence-electron chi connectivity index (χ4n) is 2.08. The second kappa shape index (κ2) is 6.99. The Hall–Kier alpha value is -2.21. The number of carbonyl (C=O) groups excluding carboxylic acids is 1. The van der Waals surface area contributed by atoms with Gasteiger partial charge in [-0.2, -0.15) is 0 Å². The van der Waals surface area contributed by atoms with Crippen LogP contribution in [0.4, 0.5) is 0 Å². The first-order chi connectivity index (χ1) is 10.1. The molecule has 112 valence electrons. The minimum atomic E-state index is 0.0160. The van der Waals surface area contributed by atoms with Crippen LogP contribution in [0.15, 0.2) is 36.5 Å². The lowest BCUT2D eigenvalue weighted by atomic mass is 10.2. The van der Waals surface area contributed by atoms with Crippen LogP contribution in [0.25, 0.3) is 0 Å². The lowest BCUT2D eigenvalue weighted by Crippen LogP contribution is -2.38. The summed E-state index contributed by atoms with van der Waals surface area (Å²) in [7, 11) is 0. The highest BCUT2D eigenvalue weighted by molar-refractivity contribution is 5.76. The quantitative estimate of drug-likeness (QED) is 0.865. The van der Waals surface area contributed by atoms with Crippen LogP contribution in [0, 0.1) is 0 Å². The molecule has 0 spiro atoms. The number of amides is 1. The van der Waals surface area contributed by atoms with Gasteiger partial charge in [-0.15, -0.1) is 5.10 Å². The first kappa shape index (κ1) is 15.2. The molecule has 0 unspecified atom stereocenters. The van der Waals surface area contributed by atoms with E-state index in [2.05, 4.69) is 10.3 Å². The maximum absolute atomic E-state index is 12.5. The molecule has 0 saturated carbocycles. The van der Waals surface area contributed by atoms with Gasteiger partial charge in [0.15, 0.2) is 0 Å². The second-order valence-electron chi connectivity index (χ2n) is 5.21. The van der Waals surface area contributed by atoms with Crippen LogP contribution < -0.4 is 5.73 Å². The predicted molar refractivity (Wildman–Crippen MR) is 80.0 cm³/mol. The monoisotopic (exact) mass is 287 g/mol. The van der Waals surface area contributed by atoms with Crippen LogP contribution >= 0.6 is 0 Å². The van der Waals surface area contributed by atoms with Crippen LogP contribution in [-0.4, -0.2) is 31.8 Å². The summed E-state index contributed by atoms with van der Waals surface area (Å²) >= 11 is 0. The van der Waals surface area contributed by atoms with Crippen LogP contribution in [0.3, 0.4) is 0 Å². The molecule has 21 heavy (non-hydrogen) atoms. The number of nitrogens with zero attached hydrogens (tertiary/aromatic N) is 4. The van der Waals surface area contributed by atoms with Gasteiger partial charge in [0, 0.05) is 19.1 Å². The van der Waals surface area contributed by atoms with Crippen LogP contribution in [0.5, 0.6) is 0 Å². The molecule has 2 aromatic rings. The number of carbonyl (C=O) groups is 1. The zero-order valence-electron chi connectivity index (χ0n) is 12.4. The van der Waals surface area contributed by atoms with Gasteiger partial charge in [-0.25, -0.2) is 4.68 Å². The van der Waals surface area contributed by atoms with E-state index in [4.69, 9.17) is 5.73 Å². The summed E-state index contributed by atoms with van der Waals surface area (Å²) in [6.45, 7) is 5.11. The summed E-state index contributed by atoms with van der Waals surface area (Å²) in [5, 5.41) is 7.81. The van der Waals surface area contributed by atoms with Gasteiger partial charge in [-0.05, 0) is 19.4 Å². The molecule has 2 rings (SSSR count). The van der Waals surface area contributed by atoms with Crippen molar-refractivity contribution in [2.45, 2.75) is 39.5 Å². The molecular formula is C15H21N5O. The Bertz CT molecular complexity index is 579. The number of nitrogens with two attached hydrogens (primary N) is 1. The van der Waals surface area contributed by atoms with Crippen molar-refractivity contribution in [2.24, 2.45) is 5.73 Å². The van der Waals surface area contributed by atoms with E-state index in [-0.39, 0.29) is 18.5 Å². The number of hydrogen-bond acceptors (Lipinski definition) is 4. The van der Waals surface area contributed by atoms with Gasteiger partial charge in [0.25, 0.3) is 0 Å². The summed E-state index contributed by atoms with van der Waals surface area (Å²) in [6, 6.07) is 10.1. The van der Waals surface area contributed by atoms with Gasteiger partial charge in [0.05, 0.1) is 11.9 Å². The van der Waals surface area contributed by atoms with Crippen molar-refractivity contribution in [2.75, 3.05) is 0 Å². The molecule has 0 saturated heterocycles. The topological polar surface area (TPSA) is 77.0 Å². The van der Waals surface area contributed by atoms with Crippen molar-refractivity contribution in [3.8, 4) is 0 Å². The first-order valence-electron chi connectivity index (χ1n) is 7.02. The summed E-state index contributed by atoms with van der Waals surface area (Å²) in [5.74, 6) is 0.0160. The number of aromatic nitrogens is 3. The Morgan fingerprint density at radius 1 is 1.33 bits per heavy atom. The fraction of sp³-hybridized carbons (Fsp3) is 0.400. The average Bonchev–Trinajstić information content (AvgIpc) is 2.93. The molecular weight excluding hydrogens is 266 g/mol. The summed E-state index contributed by atoms with van der Waals surface area (Å²) < 4.78 is 1.53. The van der Waals surface area contributed by atoms with E-state index in [9.17, 15) is 4.79 Å². The molecule has 0 radical (unpaired) electrons. The Labute approximate surface area is 124 Å². The molecule has 1 amide bonds. The molecule has 0 atom stereocenters. The molecule has 0 aliphatic carbocycles. The molecule has 6 nitrogen and oxygen atoms in total. The molecule has 2 N–H and O–H groups in total. The Morgan fingerprint density at radius 2 is 2.05 bits per heavy atom. The summed E-state index contributed by atoms with van der Waals surface area (Å²) in [4.78, 5) is 14.3. The molecule has 0 bridgehead atoms. The van der Waals surface area contributed by atoms with E-state index >= 15 is 0 Å². The summed E-state index contributed by atoms with van der Waals surface area (Å²) in [6.07, 6.45) is 1.71. The third-order valence-electron chi connectivity index (χ3n) is 3.23. The predicted octanol–water partition coefficient (Wildman–Crippen LogP) is 1.17. The van der Waals surface area contributed by atoms with Crippen molar-refractivity contribution >= 4 is 5.91 Å². The minimum Gasteiger partial charge on any atom is -0.334 e. The molecule has 1 aromatic carbocycles. The minimum absolute atomic E-state index is 0.0160. The van der Waals surface area contributed by atoms with Gasteiger partial charge in [-0.1, -0.05) is 35.5 Å². The smallest absolute Gasteiger partial charge is 0.244 e. The van der Waals surface area contributed by atoms with E-state index in [1.54, 1.807) is 6.20 Å². The Morgan fingerprint density at radius 3 is 2.62 bits per heavy atom. The highest BCUT2D eigenvalue weighted by Crippen LogP contribution is 2.09. The third-order valence-corrected chi connectivity index (χ3v) is 3.23. The van der Waals surface area contributed by atoms with Crippen molar-refractivity contribution in [3.63, 3.8) is 0 Å². The van der Waals surface area contributed by atoms with Crippen LogP contribution in [0.1, 0.15) is 25.1 Å². The highest BCUT2D eigenvalue weighted by atomic mass is 16.2. The van der Waals surface area contributed by atoms with Gasteiger partial charge < -0.3 is 10.6 Å². The zero-order chi connectivity index (χ0) is 15.2. The summed E-state index contributed by atoms with van der Waals surface area (Å²) in [5.41, 5.74) is 7.29. The molecule has 0 aliphatic rings. The highest BCUT2D eigenvalue weighted by Gasteiger charge is 2.18. The standard InChI is InChI=1S/C15H21N5O/c1-12(2)20(9-13-6-4-3-5-7-13)15(21)11-19-10-14(8-16)17-18-19/h3-7,10,12H,8-9,11,16H2,1-2H3. The van der Waals surface area contributed by atoms with Gasteiger partial charge in [0.2, 0.25) is 5.91 Å². The van der Waals surface area contributed by atoms with Crippen molar-refractivity contribution < 1.29 is 4.79 Å². The average molecular weight is 287 g/mol. The fourth-order valence-corrected chi connectivity index (χ4v) is 2.08. The molecule has 0 fully saturated rings. The van der Waals surface area contributed by atoms with Crippen LogP contribution in [0.2, 0.25) is 0 Å². The van der Waals surface area contributed by atoms with Crippen molar-refractivity contribution in [1.29, 1.82) is 0 Å². The van der Waals surface area contributed by atoms with Gasteiger partial charge >= 0.3 is 0 Å². The Balaban J connectivity index is 2.05. The number of rotatable bonds is 6. The SMILES string of the molecule is CC(C)N(Cc1ccccc1)C(=O)Cn1cc(CN)nn1. The number of hydrogen-bond donors (Lipinski definition) is 1. The van der Waals surface area contributed by atoms with E-state index in [1.165, 1.54) is 4.68 Å². The van der Waals surface area contributed by atoms with E-state index in [0.29, 0.717) is 18.8 Å². The third kappa shape index (κ3) is 4.13. The van der Waals surface area contributed by atoms with Crippen molar-refractivity contribution in [3.05, 3.63) is 47.8 Å². The first-order valence-corrected chi connectivity index (χ1v) is 7.02. The normalized spacial score (nSPS) is 10.9. The lowest BCUT2D eigenvalue weighted by molar-refractivity contribution is -0.134. The maximum Gasteiger partial charge on any atom is 0.244 e. The second-order valence-corrected chi connectivity index (χ2v) is 5.21. The maximum atomic E-state index is 12.5. The molecule has 1 aromatic heterocycles. The van der Waals surface area contributed by atoms with Crippen molar-refractivity contribution in [1.82, 2.24) is 19.9 Å². The number of benzene rings is 1. The van der Waals surface area contributed by atoms with Crippen LogP contribution in [-0.2, 0) is 24.4 Å². The molecule has 1 heterocycles. The Kier molecular flexibility index (Phi) is 5.05. The van der Waals surface area contributed by atoms with E-state index in [0.717, 1.165) is 5.56 Å².